The molecule has 0 bridgehead atoms. The molecule has 0 aromatic carbocycles. The van der Waals surface area contributed by atoms with E-state index in [4.69, 9.17) is 0 Å². The van der Waals surface area contributed by atoms with Crippen LogP contribution in [0.15, 0.2) is 55.0 Å². The van der Waals surface area contributed by atoms with Gasteiger partial charge in [-0.25, -0.2) is 0 Å². The maximum atomic E-state index is 4.52. The minimum atomic E-state index is 0.771. The predicted octanol–water partition coefficient (Wildman–Crippen LogP) is 4.00. The Morgan fingerprint density at radius 2 is 0.920 bits per heavy atom. The first-order valence-corrected chi connectivity index (χ1v) is 8.55. The smallest absolute Gasteiger partial charge is 0.0546 e. The molecule has 0 aliphatic carbocycles. The summed E-state index contributed by atoms with van der Waals surface area (Å²) in [5.74, 6) is 0. The Morgan fingerprint density at radius 1 is 0.600 bits per heavy atom. The Balaban J connectivity index is 1.82. The summed E-state index contributed by atoms with van der Waals surface area (Å²) in [5, 5.41) is 0. The van der Waals surface area contributed by atoms with Gasteiger partial charge in [0.05, 0.1) is 17.1 Å². The molecule has 0 atom stereocenters. The van der Waals surface area contributed by atoms with E-state index in [0.29, 0.717) is 0 Å². The van der Waals surface area contributed by atoms with Gasteiger partial charge in [-0.05, 0) is 73.9 Å². The van der Waals surface area contributed by atoms with Gasteiger partial charge in [-0.15, -0.1) is 0 Å². The summed E-state index contributed by atoms with van der Waals surface area (Å²) < 4.78 is 0. The SMILES string of the molecule is Cc1ccnc(CN(Cc2cc(C)ccn2)Cc2cc(C)ccn2)c1. The molecule has 0 N–H and O–H groups in total. The fourth-order valence-corrected chi connectivity index (χ4v) is 2.91. The van der Waals surface area contributed by atoms with Crippen LogP contribution in [0.25, 0.3) is 0 Å². The molecule has 0 spiro atoms. The molecule has 0 amide bonds. The lowest BCUT2D eigenvalue weighted by atomic mass is 10.2. The van der Waals surface area contributed by atoms with Gasteiger partial charge < -0.3 is 0 Å². The number of hydrogen-bond donors (Lipinski definition) is 0. The molecule has 0 radical (unpaired) electrons. The summed E-state index contributed by atoms with van der Waals surface area (Å²) in [5.41, 5.74) is 6.90. The van der Waals surface area contributed by atoms with Crippen LogP contribution in [0.2, 0.25) is 0 Å². The van der Waals surface area contributed by atoms with Gasteiger partial charge in [0.25, 0.3) is 0 Å². The van der Waals surface area contributed by atoms with Crippen LogP contribution in [-0.2, 0) is 19.6 Å². The van der Waals surface area contributed by atoms with Gasteiger partial charge in [-0.1, -0.05) is 0 Å². The van der Waals surface area contributed by atoms with E-state index >= 15 is 0 Å². The molecule has 3 heterocycles. The Labute approximate surface area is 149 Å². The highest BCUT2D eigenvalue weighted by atomic mass is 15.1. The Kier molecular flexibility index (Phi) is 5.51. The summed E-state index contributed by atoms with van der Waals surface area (Å²) >= 11 is 0. The van der Waals surface area contributed by atoms with E-state index in [9.17, 15) is 0 Å². The van der Waals surface area contributed by atoms with Crippen molar-refractivity contribution < 1.29 is 0 Å². The van der Waals surface area contributed by atoms with Crippen LogP contribution in [0.1, 0.15) is 33.8 Å². The molecule has 25 heavy (non-hydrogen) atoms. The van der Waals surface area contributed by atoms with E-state index in [-0.39, 0.29) is 0 Å². The molecule has 3 aromatic heterocycles. The van der Waals surface area contributed by atoms with Gasteiger partial charge in [0, 0.05) is 38.2 Å². The van der Waals surface area contributed by atoms with Crippen LogP contribution in [0.4, 0.5) is 0 Å². The average molecular weight is 332 g/mol. The monoisotopic (exact) mass is 332 g/mol. The molecule has 0 aliphatic heterocycles. The number of pyridine rings is 3. The summed E-state index contributed by atoms with van der Waals surface area (Å²) in [7, 11) is 0. The predicted molar refractivity (Wildman–Crippen MR) is 99.9 cm³/mol. The van der Waals surface area contributed by atoms with Gasteiger partial charge in [0.2, 0.25) is 0 Å². The van der Waals surface area contributed by atoms with E-state index < -0.39 is 0 Å². The van der Waals surface area contributed by atoms with Crippen molar-refractivity contribution in [3.63, 3.8) is 0 Å². The zero-order chi connectivity index (χ0) is 17.6. The number of aromatic nitrogens is 3. The van der Waals surface area contributed by atoms with Gasteiger partial charge in [0.15, 0.2) is 0 Å². The summed E-state index contributed by atoms with van der Waals surface area (Å²) in [6.45, 7) is 8.60. The number of nitrogens with zero attached hydrogens (tertiary/aromatic N) is 4. The molecular weight excluding hydrogens is 308 g/mol. The number of hydrogen-bond acceptors (Lipinski definition) is 4. The highest BCUT2D eigenvalue weighted by molar-refractivity contribution is 5.18. The fourth-order valence-electron chi connectivity index (χ4n) is 2.91. The number of rotatable bonds is 6. The van der Waals surface area contributed by atoms with Gasteiger partial charge in [-0.3, -0.25) is 19.9 Å². The lowest BCUT2D eigenvalue weighted by Gasteiger charge is -2.22. The minimum Gasteiger partial charge on any atom is -0.286 e. The van der Waals surface area contributed by atoms with Crippen LogP contribution in [0.5, 0.6) is 0 Å². The lowest BCUT2D eigenvalue weighted by molar-refractivity contribution is 0.238. The first-order chi connectivity index (χ1) is 12.1. The molecule has 0 saturated carbocycles. The van der Waals surface area contributed by atoms with Crippen LogP contribution in [0, 0.1) is 20.8 Å². The van der Waals surface area contributed by atoms with Crippen molar-refractivity contribution in [2.75, 3.05) is 0 Å². The third-order valence-electron chi connectivity index (χ3n) is 4.07. The first-order valence-electron chi connectivity index (χ1n) is 8.55. The Morgan fingerprint density at radius 3 is 1.20 bits per heavy atom. The fraction of sp³-hybridized carbons (Fsp3) is 0.286. The van der Waals surface area contributed by atoms with Crippen LogP contribution in [0.3, 0.4) is 0 Å². The van der Waals surface area contributed by atoms with E-state index in [1.165, 1.54) is 16.7 Å². The van der Waals surface area contributed by atoms with Crippen molar-refractivity contribution in [3.8, 4) is 0 Å². The topological polar surface area (TPSA) is 41.9 Å². The summed E-state index contributed by atoms with van der Waals surface area (Å²) in [4.78, 5) is 15.9. The largest absolute Gasteiger partial charge is 0.286 e. The first kappa shape index (κ1) is 17.2. The molecule has 3 aromatic rings. The average Bonchev–Trinajstić information content (AvgIpc) is 2.55. The summed E-state index contributed by atoms with van der Waals surface area (Å²) in [6, 6.07) is 12.5. The second-order valence-corrected chi connectivity index (χ2v) is 6.62. The molecular formula is C21H24N4. The zero-order valence-corrected chi connectivity index (χ0v) is 15.1. The third kappa shape index (κ3) is 5.19. The quantitative estimate of drug-likeness (QED) is 0.684. The Hall–Kier alpha value is -2.59. The van der Waals surface area contributed by atoms with E-state index in [2.05, 4.69) is 58.8 Å². The molecule has 3 rings (SSSR count). The molecule has 0 saturated heterocycles. The molecule has 0 fully saturated rings. The third-order valence-corrected chi connectivity index (χ3v) is 4.07. The lowest BCUT2D eigenvalue weighted by Crippen LogP contribution is -2.24. The normalized spacial score (nSPS) is 11.0. The number of aryl methyl sites for hydroxylation is 3. The van der Waals surface area contributed by atoms with Crippen molar-refractivity contribution in [3.05, 3.63) is 88.8 Å². The standard InChI is InChI=1S/C21H24N4/c1-16-4-7-22-19(10-16)13-25(14-20-11-17(2)5-8-23-20)15-21-12-18(3)6-9-24-21/h4-12H,13-15H2,1-3H3. The van der Waals surface area contributed by atoms with Crippen molar-refractivity contribution in [1.82, 2.24) is 19.9 Å². The maximum absolute atomic E-state index is 4.52. The van der Waals surface area contributed by atoms with E-state index in [1.54, 1.807) is 0 Å². The second-order valence-electron chi connectivity index (χ2n) is 6.62. The maximum Gasteiger partial charge on any atom is 0.0546 e. The molecule has 0 unspecified atom stereocenters. The van der Waals surface area contributed by atoms with Crippen LogP contribution in [-0.4, -0.2) is 19.9 Å². The van der Waals surface area contributed by atoms with Crippen LogP contribution >= 0.6 is 0 Å². The summed E-state index contributed by atoms with van der Waals surface area (Å²) in [6.07, 6.45) is 5.62. The van der Waals surface area contributed by atoms with Crippen molar-refractivity contribution in [2.24, 2.45) is 0 Å². The second kappa shape index (κ2) is 7.99. The van der Waals surface area contributed by atoms with Gasteiger partial charge in [0.1, 0.15) is 0 Å². The minimum absolute atomic E-state index is 0.771. The molecule has 4 heteroatoms. The van der Waals surface area contributed by atoms with E-state index in [0.717, 1.165) is 36.7 Å². The molecule has 128 valence electrons. The van der Waals surface area contributed by atoms with Gasteiger partial charge in [-0.2, -0.15) is 0 Å². The molecule has 0 aliphatic rings. The Bertz CT molecular complexity index is 732. The highest BCUT2D eigenvalue weighted by Gasteiger charge is 2.11. The van der Waals surface area contributed by atoms with E-state index in [1.807, 2.05) is 36.8 Å². The van der Waals surface area contributed by atoms with Crippen molar-refractivity contribution in [1.29, 1.82) is 0 Å². The van der Waals surface area contributed by atoms with Crippen LogP contribution < -0.4 is 0 Å². The highest BCUT2D eigenvalue weighted by Crippen LogP contribution is 2.13. The molecule has 4 nitrogen and oxygen atoms in total. The zero-order valence-electron chi connectivity index (χ0n) is 15.1. The van der Waals surface area contributed by atoms with Crippen molar-refractivity contribution >= 4 is 0 Å². The van der Waals surface area contributed by atoms with Gasteiger partial charge >= 0.3 is 0 Å². The van der Waals surface area contributed by atoms with Crippen molar-refractivity contribution in [2.45, 2.75) is 40.4 Å².